The number of fused-ring (bicyclic) bond motifs is 1. The van der Waals surface area contributed by atoms with Crippen molar-refractivity contribution in [1.82, 2.24) is 4.98 Å². The lowest BCUT2D eigenvalue weighted by atomic mass is 9.97. The number of esters is 1. The topological polar surface area (TPSA) is 133 Å². The number of carbonyl (C=O) groups excluding carboxylic acids is 3. The lowest BCUT2D eigenvalue weighted by Gasteiger charge is -2.16. The molecule has 5 aromatic carbocycles. The number of hydrogen-bond donors (Lipinski definition) is 3. The van der Waals surface area contributed by atoms with Crippen molar-refractivity contribution in [3.8, 4) is 16.9 Å². The van der Waals surface area contributed by atoms with Crippen molar-refractivity contribution in [2.24, 2.45) is 5.73 Å². The van der Waals surface area contributed by atoms with Crippen LogP contribution in [-0.2, 0) is 22.4 Å². The molecule has 2 amide bonds. The molecule has 52 heavy (non-hydrogen) atoms. The molecule has 9 nitrogen and oxygen atoms in total. The third-order valence-corrected chi connectivity index (χ3v) is 8.93. The summed E-state index contributed by atoms with van der Waals surface area (Å²) >= 11 is 0. The number of aromatic nitrogens is 1. The summed E-state index contributed by atoms with van der Waals surface area (Å²) in [7, 11) is 3.01. The van der Waals surface area contributed by atoms with Crippen LogP contribution in [0.15, 0.2) is 115 Å². The van der Waals surface area contributed by atoms with E-state index in [9.17, 15) is 14.4 Å². The zero-order valence-corrected chi connectivity index (χ0v) is 29.4. The molecule has 6 aromatic rings. The Kier molecular flexibility index (Phi) is 10.9. The summed E-state index contributed by atoms with van der Waals surface area (Å²) in [6.07, 6.45) is 4.01. The molecular formula is C43H40N4O5. The van der Waals surface area contributed by atoms with Crippen molar-refractivity contribution in [3.05, 3.63) is 149 Å². The highest BCUT2D eigenvalue weighted by atomic mass is 16.5. The number of amides is 2. The van der Waals surface area contributed by atoms with Gasteiger partial charge in [0.1, 0.15) is 5.75 Å². The molecule has 4 N–H and O–H groups in total. The van der Waals surface area contributed by atoms with Crippen molar-refractivity contribution in [3.63, 3.8) is 0 Å². The van der Waals surface area contributed by atoms with Gasteiger partial charge >= 0.3 is 5.97 Å². The number of hydrogen-bond acceptors (Lipinski definition) is 7. The van der Waals surface area contributed by atoms with E-state index in [1.165, 1.54) is 13.3 Å². The number of benzene rings is 5. The molecule has 0 atom stereocenters. The third-order valence-electron chi connectivity index (χ3n) is 8.93. The number of aryl methyl sites for hydroxylation is 2. The summed E-state index contributed by atoms with van der Waals surface area (Å²) in [5.41, 5.74) is 15.5. The average Bonchev–Trinajstić information content (AvgIpc) is 3.15. The predicted octanol–water partition coefficient (Wildman–Crippen LogP) is 8.40. The normalized spacial score (nSPS) is 10.8. The number of anilines is 3. The summed E-state index contributed by atoms with van der Waals surface area (Å²) in [6, 6.07) is 35.1. The number of methoxy groups -OCH3 is 2. The fourth-order valence-corrected chi connectivity index (χ4v) is 6.23. The fraction of sp³-hybridized carbons (Fsp3) is 0.163. The summed E-state index contributed by atoms with van der Waals surface area (Å²) < 4.78 is 10.1. The van der Waals surface area contributed by atoms with Gasteiger partial charge in [-0.15, -0.1) is 0 Å². The Bertz CT molecular complexity index is 2250. The molecule has 262 valence electrons. The molecule has 0 bridgehead atoms. The Morgan fingerprint density at radius 3 is 2.21 bits per heavy atom. The van der Waals surface area contributed by atoms with E-state index < -0.39 is 5.91 Å². The summed E-state index contributed by atoms with van der Waals surface area (Å²) in [6.45, 7) is 1.98. The Morgan fingerprint density at radius 2 is 1.50 bits per heavy atom. The first-order chi connectivity index (χ1) is 25.2. The zero-order valence-electron chi connectivity index (χ0n) is 29.4. The first-order valence-electron chi connectivity index (χ1n) is 17.0. The first-order valence-corrected chi connectivity index (χ1v) is 17.0. The lowest BCUT2D eigenvalue weighted by molar-refractivity contribution is -0.140. The summed E-state index contributed by atoms with van der Waals surface area (Å²) in [5, 5.41) is 7.16. The Morgan fingerprint density at radius 1 is 0.769 bits per heavy atom. The number of pyridine rings is 1. The number of nitrogens with zero attached hydrogens (tertiary/aromatic N) is 1. The first kappa shape index (κ1) is 35.3. The van der Waals surface area contributed by atoms with Crippen molar-refractivity contribution >= 4 is 45.7 Å². The predicted molar refractivity (Wildman–Crippen MR) is 205 cm³/mol. The van der Waals surface area contributed by atoms with Gasteiger partial charge in [-0.1, -0.05) is 60.7 Å². The van der Waals surface area contributed by atoms with Crippen LogP contribution < -0.4 is 21.1 Å². The maximum atomic E-state index is 13.3. The quantitative estimate of drug-likeness (QED) is 0.104. The number of nitrogens with one attached hydrogen (secondary N) is 2. The molecule has 0 saturated heterocycles. The van der Waals surface area contributed by atoms with Gasteiger partial charge in [0.25, 0.3) is 11.8 Å². The van der Waals surface area contributed by atoms with Gasteiger partial charge in [-0.05, 0) is 102 Å². The van der Waals surface area contributed by atoms with Crippen LogP contribution in [0.4, 0.5) is 17.1 Å². The van der Waals surface area contributed by atoms with E-state index in [1.54, 1.807) is 13.2 Å². The Hall–Kier alpha value is -6.48. The van der Waals surface area contributed by atoms with Gasteiger partial charge in [0.05, 0.1) is 31.0 Å². The number of rotatable bonds is 13. The molecule has 0 radical (unpaired) electrons. The maximum Gasteiger partial charge on any atom is 0.305 e. The van der Waals surface area contributed by atoms with Crippen LogP contribution in [0.3, 0.4) is 0 Å². The molecule has 0 aliphatic rings. The van der Waals surface area contributed by atoms with Crippen molar-refractivity contribution in [1.29, 1.82) is 0 Å². The van der Waals surface area contributed by atoms with Crippen LogP contribution in [0.1, 0.15) is 55.8 Å². The van der Waals surface area contributed by atoms with Crippen molar-refractivity contribution in [2.75, 3.05) is 24.9 Å². The average molecular weight is 693 g/mol. The van der Waals surface area contributed by atoms with E-state index >= 15 is 0 Å². The molecule has 6 rings (SSSR count). The molecular weight excluding hydrogens is 652 g/mol. The zero-order chi connectivity index (χ0) is 36.6. The van der Waals surface area contributed by atoms with Crippen LogP contribution in [0.2, 0.25) is 0 Å². The standard InChI is InChI=1S/C43H40N4O5/c1-27-21-30(24-37-40(27)45-26-38(42(44)49)41(37)46-35-10-6-11-36(25-35)51-2)22-29-8-4-9-33(23-29)43(50)47-34-19-17-32(18-20-34)31-15-13-28(14-16-31)7-5-12-39(48)52-3/h4,6,8-11,13-21,23-26H,5,7,12,22H2,1-3H3,(H2,44,49)(H,45,46)(H,47,50). The minimum Gasteiger partial charge on any atom is -0.497 e. The molecule has 0 aliphatic carbocycles. The third kappa shape index (κ3) is 8.45. The van der Waals surface area contributed by atoms with E-state index in [0.717, 1.165) is 62.8 Å². The van der Waals surface area contributed by atoms with Crippen LogP contribution >= 0.6 is 0 Å². The fourth-order valence-electron chi connectivity index (χ4n) is 6.23. The van der Waals surface area contributed by atoms with E-state index in [4.69, 9.17) is 15.2 Å². The smallest absolute Gasteiger partial charge is 0.305 e. The van der Waals surface area contributed by atoms with Crippen molar-refractivity contribution < 1.29 is 23.9 Å². The Labute approximate surface area is 302 Å². The SMILES string of the molecule is COC(=O)CCCc1ccc(-c2ccc(NC(=O)c3cccc(Cc4cc(C)c5ncc(C(N)=O)c(Nc6cccc(OC)c6)c5c4)c3)cc2)cc1. The minimum atomic E-state index is -0.588. The second-order valence-electron chi connectivity index (χ2n) is 12.6. The molecule has 0 fully saturated rings. The van der Waals surface area contributed by atoms with Crippen molar-refractivity contribution in [2.45, 2.75) is 32.6 Å². The largest absolute Gasteiger partial charge is 0.497 e. The van der Waals surface area contributed by atoms with Crippen LogP contribution in [0.5, 0.6) is 5.75 Å². The van der Waals surface area contributed by atoms with Gasteiger partial charge in [0.2, 0.25) is 0 Å². The van der Waals surface area contributed by atoms with E-state index in [-0.39, 0.29) is 17.4 Å². The molecule has 1 heterocycles. The molecule has 9 heteroatoms. The van der Waals surface area contributed by atoms with E-state index in [1.807, 2.05) is 79.7 Å². The van der Waals surface area contributed by atoms with Gasteiger partial charge in [-0.3, -0.25) is 19.4 Å². The van der Waals surface area contributed by atoms with Crippen LogP contribution in [-0.4, -0.2) is 37.0 Å². The molecule has 0 unspecified atom stereocenters. The van der Waals surface area contributed by atoms with E-state index in [2.05, 4.69) is 45.9 Å². The molecule has 0 aliphatic heterocycles. The molecule has 1 aromatic heterocycles. The van der Waals surface area contributed by atoms with Gasteiger partial charge < -0.3 is 25.8 Å². The second-order valence-corrected chi connectivity index (χ2v) is 12.6. The number of ether oxygens (including phenoxy) is 2. The van der Waals surface area contributed by atoms with Gasteiger partial charge in [-0.2, -0.15) is 0 Å². The maximum absolute atomic E-state index is 13.3. The lowest BCUT2D eigenvalue weighted by Crippen LogP contribution is -2.14. The van der Waals surface area contributed by atoms with E-state index in [0.29, 0.717) is 35.5 Å². The number of primary amides is 1. The second kappa shape index (κ2) is 16.0. The molecule has 0 spiro atoms. The number of nitrogens with two attached hydrogens (primary N) is 1. The van der Waals surface area contributed by atoms with Gasteiger partial charge in [-0.25, -0.2) is 0 Å². The van der Waals surface area contributed by atoms with Gasteiger partial charge in [0, 0.05) is 41.0 Å². The van der Waals surface area contributed by atoms with Gasteiger partial charge in [0.15, 0.2) is 0 Å². The molecule has 0 saturated carbocycles. The Balaban J connectivity index is 1.16. The highest BCUT2D eigenvalue weighted by molar-refractivity contribution is 6.08. The van der Waals surface area contributed by atoms with Crippen LogP contribution in [0, 0.1) is 6.92 Å². The highest BCUT2D eigenvalue weighted by Crippen LogP contribution is 2.33. The highest BCUT2D eigenvalue weighted by Gasteiger charge is 2.17. The number of carbonyl (C=O) groups is 3. The summed E-state index contributed by atoms with van der Waals surface area (Å²) in [4.78, 5) is 41.8. The monoisotopic (exact) mass is 692 g/mol. The summed E-state index contributed by atoms with van der Waals surface area (Å²) in [5.74, 6) is -0.313. The van der Waals surface area contributed by atoms with Crippen LogP contribution in [0.25, 0.3) is 22.0 Å². The minimum absolute atomic E-state index is 0.193.